The number of carbonyl (C=O) groups is 1. The molecule has 2 aliphatic rings. The fourth-order valence-electron chi connectivity index (χ4n) is 2.43. The predicted octanol–water partition coefficient (Wildman–Crippen LogP) is 2.88. The first-order valence-electron chi connectivity index (χ1n) is 5.04. The molecule has 1 heteroatoms. The number of allylic oxidation sites excluding steroid dienone is 4. The molecule has 0 fully saturated rings. The van der Waals surface area contributed by atoms with Gasteiger partial charge < -0.3 is 0 Å². The van der Waals surface area contributed by atoms with Crippen LogP contribution in [0.4, 0.5) is 0 Å². The van der Waals surface area contributed by atoms with Gasteiger partial charge in [0.25, 0.3) is 0 Å². The second kappa shape index (κ2) is 2.83. The van der Waals surface area contributed by atoms with E-state index in [1.807, 2.05) is 6.08 Å². The molecular weight excluding hydrogens is 160 g/mol. The molecule has 13 heavy (non-hydrogen) atoms. The van der Waals surface area contributed by atoms with Crippen LogP contribution in [0, 0.1) is 11.3 Å². The minimum atomic E-state index is 0.267. The SMILES string of the molecule is CC1CC(=O)C=C2C=CCCC21C. The second-order valence-corrected chi connectivity index (χ2v) is 4.53. The van der Waals surface area contributed by atoms with Crippen molar-refractivity contribution in [1.29, 1.82) is 0 Å². The zero-order valence-electron chi connectivity index (χ0n) is 8.34. The minimum Gasteiger partial charge on any atom is -0.295 e. The van der Waals surface area contributed by atoms with Crippen molar-refractivity contribution in [2.24, 2.45) is 11.3 Å². The Morgan fingerprint density at radius 2 is 2.31 bits per heavy atom. The van der Waals surface area contributed by atoms with Crippen molar-refractivity contribution in [3.8, 4) is 0 Å². The third-order valence-corrected chi connectivity index (χ3v) is 3.70. The third kappa shape index (κ3) is 1.27. The summed E-state index contributed by atoms with van der Waals surface area (Å²) in [4.78, 5) is 11.4. The standard InChI is InChI=1S/C12H16O/c1-9-7-11(13)8-10-5-3-4-6-12(9,10)2/h3,5,8-9H,4,6-7H2,1-2H3. The van der Waals surface area contributed by atoms with Crippen LogP contribution in [-0.2, 0) is 4.79 Å². The number of carbonyl (C=O) groups excluding carboxylic acids is 1. The van der Waals surface area contributed by atoms with E-state index < -0.39 is 0 Å². The number of ketones is 1. The van der Waals surface area contributed by atoms with E-state index >= 15 is 0 Å². The molecule has 2 unspecified atom stereocenters. The van der Waals surface area contributed by atoms with Gasteiger partial charge in [-0.05, 0) is 35.8 Å². The first-order chi connectivity index (χ1) is 6.13. The highest BCUT2D eigenvalue weighted by atomic mass is 16.1. The van der Waals surface area contributed by atoms with E-state index in [4.69, 9.17) is 0 Å². The monoisotopic (exact) mass is 176 g/mol. The summed E-state index contributed by atoms with van der Waals surface area (Å²) in [5.41, 5.74) is 1.52. The molecule has 0 aromatic heterocycles. The molecule has 0 saturated carbocycles. The van der Waals surface area contributed by atoms with Crippen molar-refractivity contribution >= 4 is 5.78 Å². The van der Waals surface area contributed by atoms with Crippen LogP contribution in [0.3, 0.4) is 0 Å². The van der Waals surface area contributed by atoms with Crippen LogP contribution in [0.5, 0.6) is 0 Å². The van der Waals surface area contributed by atoms with Gasteiger partial charge in [0.2, 0.25) is 0 Å². The summed E-state index contributed by atoms with van der Waals surface area (Å²) >= 11 is 0. The van der Waals surface area contributed by atoms with Crippen molar-refractivity contribution in [2.75, 3.05) is 0 Å². The molecule has 0 spiro atoms. The van der Waals surface area contributed by atoms with E-state index in [-0.39, 0.29) is 5.41 Å². The lowest BCUT2D eigenvalue weighted by Gasteiger charge is -2.41. The minimum absolute atomic E-state index is 0.267. The summed E-state index contributed by atoms with van der Waals surface area (Å²) in [5.74, 6) is 0.802. The Balaban J connectivity index is 2.45. The highest BCUT2D eigenvalue weighted by molar-refractivity contribution is 5.92. The Morgan fingerprint density at radius 3 is 3.08 bits per heavy atom. The molecule has 0 aromatic carbocycles. The maximum absolute atomic E-state index is 11.4. The Bertz CT molecular complexity index is 298. The van der Waals surface area contributed by atoms with Gasteiger partial charge in [0.15, 0.2) is 5.78 Å². The van der Waals surface area contributed by atoms with Gasteiger partial charge in [-0.2, -0.15) is 0 Å². The molecule has 0 aromatic rings. The fourth-order valence-corrected chi connectivity index (χ4v) is 2.43. The highest BCUT2D eigenvalue weighted by Crippen LogP contribution is 2.47. The van der Waals surface area contributed by atoms with E-state index in [1.165, 1.54) is 12.0 Å². The third-order valence-electron chi connectivity index (χ3n) is 3.70. The van der Waals surface area contributed by atoms with E-state index in [0.717, 1.165) is 12.8 Å². The normalized spacial score (nSPS) is 38.5. The van der Waals surface area contributed by atoms with E-state index in [2.05, 4.69) is 26.0 Å². The molecule has 0 amide bonds. The summed E-state index contributed by atoms with van der Waals surface area (Å²) in [6.45, 7) is 4.49. The molecule has 2 aliphatic carbocycles. The van der Waals surface area contributed by atoms with Crippen molar-refractivity contribution in [1.82, 2.24) is 0 Å². The molecule has 0 saturated heterocycles. The van der Waals surface area contributed by atoms with Gasteiger partial charge in [-0.1, -0.05) is 26.0 Å². The van der Waals surface area contributed by atoms with Crippen LogP contribution < -0.4 is 0 Å². The predicted molar refractivity (Wildman–Crippen MR) is 53.4 cm³/mol. The second-order valence-electron chi connectivity index (χ2n) is 4.53. The molecule has 0 heterocycles. The number of rotatable bonds is 0. The van der Waals surface area contributed by atoms with Crippen molar-refractivity contribution in [2.45, 2.75) is 33.1 Å². The maximum Gasteiger partial charge on any atom is 0.156 e. The van der Waals surface area contributed by atoms with Crippen LogP contribution >= 0.6 is 0 Å². The van der Waals surface area contributed by atoms with E-state index in [9.17, 15) is 4.79 Å². The maximum atomic E-state index is 11.4. The molecule has 1 nitrogen and oxygen atoms in total. The zero-order valence-corrected chi connectivity index (χ0v) is 8.34. The smallest absolute Gasteiger partial charge is 0.156 e. The highest BCUT2D eigenvalue weighted by Gasteiger charge is 2.38. The topological polar surface area (TPSA) is 17.1 Å². The van der Waals surface area contributed by atoms with Crippen LogP contribution in [0.2, 0.25) is 0 Å². The fraction of sp³-hybridized carbons (Fsp3) is 0.583. The number of hydrogen-bond donors (Lipinski definition) is 0. The molecule has 2 atom stereocenters. The van der Waals surface area contributed by atoms with Crippen LogP contribution in [0.25, 0.3) is 0 Å². The lowest BCUT2D eigenvalue weighted by atomic mass is 9.63. The Hall–Kier alpha value is -0.850. The van der Waals surface area contributed by atoms with Crippen molar-refractivity contribution < 1.29 is 4.79 Å². The quantitative estimate of drug-likeness (QED) is 0.554. The summed E-state index contributed by atoms with van der Waals surface area (Å²) in [7, 11) is 0. The lowest BCUT2D eigenvalue weighted by molar-refractivity contribution is -0.117. The van der Waals surface area contributed by atoms with Gasteiger partial charge in [-0.3, -0.25) is 4.79 Å². The van der Waals surface area contributed by atoms with Gasteiger partial charge in [0.05, 0.1) is 0 Å². The summed E-state index contributed by atoms with van der Waals surface area (Å²) in [6.07, 6.45) is 9.25. The van der Waals surface area contributed by atoms with Crippen LogP contribution in [0.15, 0.2) is 23.8 Å². The summed E-state index contributed by atoms with van der Waals surface area (Å²) in [6, 6.07) is 0. The Labute approximate surface area is 79.5 Å². The average Bonchev–Trinajstić information content (AvgIpc) is 2.07. The summed E-state index contributed by atoms with van der Waals surface area (Å²) < 4.78 is 0. The van der Waals surface area contributed by atoms with Crippen molar-refractivity contribution in [3.63, 3.8) is 0 Å². The Kier molecular flexibility index (Phi) is 1.90. The molecular formula is C12H16O. The van der Waals surface area contributed by atoms with Crippen molar-refractivity contribution in [3.05, 3.63) is 23.8 Å². The molecule has 0 N–H and O–H groups in total. The van der Waals surface area contributed by atoms with Crippen LogP contribution in [0.1, 0.15) is 33.1 Å². The van der Waals surface area contributed by atoms with Gasteiger partial charge in [0.1, 0.15) is 0 Å². The van der Waals surface area contributed by atoms with Gasteiger partial charge in [-0.25, -0.2) is 0 Å². The molecule has 0 aliphatic heterocycles. The van der Waals surface area contributed by atoms with Crippen LogP contribution in [-0.4, -0.2) is 5.78 Å². The molecule has 0 radical (unpaired) electrons. The molecule has 0 bridgehead atoms. The Morgan fingerprint density at radius 1 is 1.54 bits per heavy atom. The first kappa shape index (κ1) is 8.74. The van der Waals surface area contributed by atoms with Gasteiger partial charge in [0, 0.05) is 6.42 Å². The first-order valence-corrected chi connectivity index (χ1v) is 5.04. The summed E-state index contributed by atoms with van der Waals surface area (Å²) in [5, 5.41) is 0. The number of hydrogen-bond acceptors (Lipinski definition) is 1. The van der Waals surface area contributed by atoms with Gasteiger partial charge in [-0.15, -0.1) is 0 Å². The lowest BCUT2D eigenvalue weighted by Crippen LogP contribution is -2.34. The zero-order chi connectivity index (χ0) is 9.47. The molecule has 2 rings (SSSR count). The largest absolute Gasteiger partial charge is 0.295 e. The average molecular weight is 176 g/mol. The molecule has 70 valence electrons. The van der Waals surface area contributed by atoms with E-state index in [1.54, 1.807) is 0 Å². The number of fused-ring (bicyclic) bond motifs is 1. The van der Waals surface area contributed by atoms with Gasteiger partial charge >= 0.3 is 0 Å². The van der Waals surface area contributed by atoms with E-state index in [0.29, 0.717) is 11.7 Å².